The maximum atomic E-state index is 11.5. The molecule has 0 aromatic heterocycles. The van der Waals surface area contributed by atoms with Gasteiger partial charge in [-0.3, -0.25) is 5.32 Å². The number of hydrogen-bond donors (Lipinski definition) is 2. The van der Waals surface area contributed by atoms with E-state index in [1.54, 1.807) is 0 Å². The molecule has 102 valence electrons. The van der Waals surface area contributed by atoms with Crippen molar-refractivity contribution < 1.29 is 9.53 Å². The second kappa shape index (κ2) is 7.45. The summed E-state index contributed by atoms with van der Waals surface area (Å²) in [6.07, 6.45) is -0.433. The number of carbonyl (C=O) groups excluding carboxylic acids is 1. The number of rotatable bonds is 3. The minimum absolute atomic E-state index is 0.320. The highest BCUT2D eigenvalue weighted by atomic mass is 16.5. The molecule has 0 radical (unpaired) electrons. The average molecular weight is 260 g/mol. The van der Waals surface area contributed by atoms with E-state index in [0.717, 1.165) is 16.8 Å². The van der Waals surface area contributed by atoms with E-state index in [1.807, 2.05) is 39.0 Å². The van der Waals surface area contributed by atoms with Crippen molar-refractivity contribution in [1.29, 1.82) is 0 Å². The SMILES string of the molecule is Cc1cc(C#CCN)ccc1NC(=O)OCC(C)C. The summed E-state index contributed by atoms with van der Waals surface area (Å²) in [5.74, 6) is 6.06. The molecule has 0 spiro atoms. The van der Waals surface area contributed by atoms with E-state index in [4.69, 9.17) is 10.5 Å². The predicted molar refractivity (Wildman–Crippen MR) is 76.9 cm³/mol. The molecule has 0 fully saturated rings. The number of nitrogens with two attached hydrogens (primary N) is 1. The van der Waals surface area contributed by atoms with Gasteiger partial charge in [0.15, 0.2) is 0 Å². The van der Waals surface area contributed by atoms with Crippen molar-refractivity contribution >= 4 is 11.8 Å². The molecule has 0 bridgehead atoms. The molecule has 0 aliphatic carbocycles. The van der Waals surface area contributed by atoms with Gasteiger partial charge >= 0.3 is 6.09 Å². The third-order valence-electron chi connectivity index (χ3n) is 2.35. The molecule has 4 heteroatoms. The molecule has 19 heavy (non-hydrogen) atoms. The Morgan fingerprint density at radius 3 is 2.79 bits per heavy atom. The number of anilines is 1. The van der Waals surface area contributed by atoms with E-state index in [-0.39, 0.29) is 0 Å². The van der Waals surface area contributed by atoms with E-state index in [2.05, 4.69) is 17.2 Å². The molecule has 0 saturated carbocycles. The first-order valence-electron chi connectivity index (χ1n) is 6.26. The first kappa shape index (κ1) is 15.1. The predicted octanol–water partition coefficient (Wildman–Crippen LogP) is 2.51. The van der Waals surface area contributed by atoms with E-state index >= 15 is 0 Å². The quantitative estimate of drug-likeness (QED) is 0.821. The largest absolute Gasteiger partial charge is 0.449 e. The standard InChI is InChI=1S/C15H20N2O2/c1-11(2)10-19-15(18)17-14-7-6-13(5-4-8-16)9-12(14)3/h6-7,9,11H,8,10,16H2,1-3H3,(H,17,18). The number of hydrogen-bond acceptors (Lipinski definition) is 3. The normalized spacial score (nSPS) is 9.74. The van der Waals surface area contributed by atoms with Gasteiger partial charge in [-0.2, -0.15) is 0 Å². The van der Waals surface area contributed by atoms with Crippen molar-refractivity contribution in [1.82, 2.24) is 0 Å². The van der Waals surface area contributed by atoms with Crippen molar-refractivity contribution in [2.45, 2.75) is 20.8 Å². The van der Waals surface area contributed by atoms with Crippen LogP contribution in [0.15, 0.2) is 18.2 Å². The second-order valence-electron chi connectivity index (χ2n) is 4.65. The molecule has 0 aliphatic heterocycles. The van der Waals surface area contributed by atoms with Crippen molar-refractivity contribution in [3.05, 3.63) is 29.3 Å². The highest BCUT2D eigenvalue weighted by molar-refractivity contribution is 5.85. The van der Waals surface area contributed by atoms with E-state index in [1.165, 1.54) is 0 Å². The molecule has 1 rings (SSSR count). The minimum Gasteiger partial charge on any atom is -0.449 e. The second-order valence-corrected chi connectivity index (χ2v) is 4.65. The van der Waals surface area contributed by atoms with Crippen LogP contribution in [0.25, 0.3) is 0 Å². The van der Waals surface area contributed by atoms with Crippen molar-refractivity contribution in [2.75, 3.05) is 18.5 Å². The number of aryl methyl sites for hydroxylation is 1. The smallest absolute Gasteiger partial charge is 0.411 e. The Hall–Kier alpha value is -1.99. The van der Waals surface area contributed by atoms with Crippen LogP contribution in [0, 0.1) is 24.7 Å². The Labute approximate surface area is 114 Å². The van der Waals surface area contributed by atoms with E-state index in [9.17, 15) is 4.79 Å². The van der Waals surface area contributed by atoms with Crippen LogP contribution in [-0.4, -0.2) is 19.2 Å². The van der Waals surface area contributed by atoms with Crippen LogP contribution in [0.5, 0.6) is 0 Å². The Morgan fingerprint density at radius 2 is 2.21 bits per heavy atom. The highest BCUT2D eigenvalue weighted by Crippen LogP contribution is 2.16. The molecule has 4 nitrogen and oxygen atoms in total. The number of benzene rings is 1. The summed E-state index contributed by atoms with van der Waals surface area (Å²) >= 11 is 0. The summed E-state index contributed by atoms with van der Waals surface area (Å²) in [6.45, 7) is 6.63. The van der Waals surface area contributed by atoms with E-state index < -0.39 is 6.09 Å². The van der Waals surface area contributed by atoms with Gasteiger partial charge in [-0.1, -0.05) is 25.7 Å². The number of amides is 1. The third kappa shape index (κ3) is 5.45. The minimum atomic E-state index is -0.433. The first-order chi connectivity index (χ1) is 9.02. The van der Waals surface area contributed by atoms with Crippen LogP contribution in [0.2, 0.25) is 0 Å². The zero-order valence-electron chi connectivity index (χ0n) is 11.6. The Balaban J connectivity index is 2.67. The van der Waals surface area contributed by atoms with Gasteiger partial charge in [0.1, 0.15) is 0 Å². The third-order valence-corrected chi connectivity index (χ3v) is 2.35. The average Bonchev–Trinajstić information content (AvgIpc) is 2.37. The molecule has 0 atom stereocenters. The lowest BCUT2D eigenvalue weighted by Crippen LogP contribution is -2.17. The molecule has 0 unspecified atom stereocenters. The van der Waals surface area contributed by atoms with Crippen LogP contribution in [0.1, 0.15) is 25.0 Å². The molecule has 1 amide bonds. The number of carbonyl (C=O) groups is 1. The Morgan fingerprint density at radius 1 is 1.47 bits per heavy atom. The fraction of sp³-hybridized carbons (Fsp3) is 0.400. The topological polar surface area (TPSA) is 64.3 Å². The summed E-state index contributed by atoms with van der Waals surface area (Å²) in [5.41, 5.74) is 7.86. The Bertz CT molecular complexity index is 499. The molecular weight excluding hydrogens is 240 g/mol. The maximum Gasteiger partial charge on any atom is 0.411 e. The molecule has 3 N–H and O–H groups in total. The number of ether oxygens (including phenoxy) is 1. The molecule has 0 aliphatic rings. The zero-order valence-corrected chi connectivity index (χ0v) is 11.6. The summed E-state index contributed by atoms with van der Waals surface area (Å²) in [7, 11) is 0. The molecular formula is C15H20N2O2. The van der Waals surface area contributed by atoms with Gasteiger partial charge in [0, 0.05) is 11.3 Å². The number of nitrogens with one attached hydrogen (secondary N) is 1. The van der Waals surface area contributed by atoms with Crippen LogP contribution in [-0.2, 0) is 4.74 Å². The van der Waals surface area contributed by atoms with Crippen LogP contribution < -0.4 is 11.1 Å². The van der Waals surface area contributed by atoms with E-state index in [0.29, 0.717) is 19.1 Å². The van der Waals surface area contributed by atoms with Gasteiger partial charge in [0.05, 0.1) is 13.2 Å². The van der Waals surface area contributed by atoms with Crippen LogP contribution in [0.4, 0.5) is 10.5 Å². The van der Waals surface area contributed by atoms with Gasteiger partial charge in [0.2, 0.25) is 0 Å². The summed E-state index contributed by atoms with van der Waals surface area (Å²) in [6, 6.07) is 5.56. The zero-order chi connectivity index (χ0) is 14.3. The van der Waals surface area contributed by atoms with Gasteiger partial charge < -0.3 is 10.5 Å². The fourth-order valence-corrected chi connectivity index (χ4v) is 1.42. The molecule has 0 heterocycles. The van der Waals surface area contributed by atoms with Gasteiger partial charge in [-0.15, -0.1) is 0 Å². The summed E-state index contributed by atoms with van der Waals surface area (Å²) < 4.78 is 5.06. The van der Waals surface area contributed by atoms with Crippen molar-refractivity contribution in [3.8, 4) is 11.8 Å². The van der Waals surface area contributed by atoms with Crippen LogP contribution in [0.3, 0.4) is 0 Å². The lowest BCUT2D eigenvalue weighted by molar-refractivity contribution is 0.147. The molecule has 0 saturated heterocycles. The summed E-state index contributed by atoms with van der Waals surface area (Å²) in [4.78, 5) is 11.5. The monoisotopic (exact) mass is 260 g/mol. The molecule has 1 aromatic carbocycles. The van der Waals surface area contributed by atoms with Crippen molar-refractivity contribution in [3.63, 3.8) is 0 Å². The first-order valence-corrected chi connectivity index (χ1v) is 6.26. The molecule has 1 aromatic rings. The van der Waals surface area contributed by atoms with Gasteiger partial charge in [0.25, 0.3) is 0 Å². The van der Waals surface area contributed by atoms with Gasteiger partial charge in [-0.05, 0) is 36.6 Å². The highest BCUT2D eigenvalue weighted by Gasteiger charge is 2.06. The van der Waals surface area contributed by atoms with Gasteiger partial charge in [-0.25, -0.2) is 4.79 Å². The Kier molecular flexibility index (Phi) is 5.91. The maximum absolute atomic E-state index is 11.5. The van der Waals surface area contributed by atoms with Crippen LogP contribution >= 0.6 is 0 Å². The van der Waals surface area contributed by atoms with Crippen molar-refractivity contribution in [2.24, 2.45) is 11.7 Å². The summed E-state index contributed by atoms with van der Waals surface area (Å²) in [5, 5.41) is 2.71. The lowest BCUT2D eigenvalue weighted by atomic mass is 10.1. The lowest BCUT2D eigenvalue weighted by Gasteiger charge is -2.10. The fourth-order valence-electron chi connectivity index (χ4n) is 1.42.